The summed E-state index contributed by atoms with van der Waals surface area (Å²) >= 11 is 4.51. The van der Waals surface area contributed by atoms with Gasteiger partial charge >= 0.3 is 5.16 Å². The minimum Gasteiger partial charge on any atom is -0.608 e. The summed E-state index contributed by atoms with van der Waals surface area (Å²) in [6, 6.07) is 8.57. The van der Waals surface area contributed by atoms with Crippen LogP contribution in [0.5, 0.6) is 0 Å². The third-order valence-electron chi connectivity index (χ3n) is 3.31. The van der Waals surface area contributed by atoms with E-state index in [2.05, 4.69) is 10.1 Å². The Bertz CT molecular complexity index is 716. The molecule has 0 spiro atoms. The van der Waals surface area contributed by atoms with Crippen molar-refractivity contribution >= 4 is 22.8 Å². The fourth-order valence-corrected chi connectivity index (χ4v) is 3.27. The van der Waals surface area contributed by atoms with Crippen LogP contribution in [0.15, 0.2) is 29.4 Å². The van der Waals surface area contributed by atoms with Gasteiger partial charge in [-0.1, -0.05) is 29.8 Å². The Kier molecular flexibility index (Phi) is 3.85. The van der Waals surface area contributed by atoms with Gasteiger partial charge in [-0.25, -0.2) is 9.07 Å². The van der Waals surface area contributed by atoms with Crippen LogP contribution >= 0.6 is 11.6 Å². The van der Waals surface area contributed by atoms with E-state index in [4.69, 9.17) is 16.9 Å². The van der Waals surface area contributed by atoms with Crippen molar-refractivity contribution in [3.63, 3.8) is 0 Å². The highest BCUT2D eigenvalue weighted by molar-refractivity contribution is 7.91. The van der Waals surface area contributed by atoms with Crippen molar-refractivity contribution < 1.29 is 8.94 Å². The number of hydrogen-bond donors (Lipinski definition) is 0. The molecule has 1 aliphatic heterocycles. The Morgan fingerprint density at radius 3 is 3.00 bits per heavy atom. The highest BCUT2D eigenvalue weighted by Crippen LogP contribution is 2.41. The molecule has 0 radical (unpaired) electrons. The Morgan fingerprint density at radius 1 is 1.52 bits per heavy atom. The lowest BCUT2D eigenvalue weighted by atomic mass is 10.0. The van der Waals surface area contributed by atoms with Crippen LogP contribution in [0.25, 0.3) is 0 Å². The molecular weight excluding hydrogens is 315 g/mol. The second-order valence-electron chi connectivity index (χ2n) is 4.59. The first-order chi connectivity index (χ1) is 10.1. The fourth-order valence-electron chi connectivity index (χ4n) is 2.38. The van der Waals surface area contributed by atoms with Crippen molar-refractivity contribution in [1.82, 2.24) is 14.8 Å². The highest BCUT2D eigenvalue weighted by atomic mass is 35.5. The number of nitriles is 1. The summed E-state index contributed by atoms with van der Waals surface area (Å²) in [5.74, 6) is -0.0711. The van der Waals surface area contributed by atoms with Gasteiger partial charge in [0.2, 0.25) is 0 Å². The molecule has 21 heavy (non-hydrogen) atoms. The van der Waals surface area contributed by atoms with E-state index in [0.29, 0.717) is 5.02 Å². The number of fused-ring (bicyclic) bond motifs is 1. The lowest BCUT2D eigenvalue weighted by Crippen LogP contribution is -2.11. The van der Waals surface area contributed by atoms with Crippen LogP contribution in [0.2, 0.25) is 5.02 Å². The van der Waals surface area contributed by atoms with Crippen LogP contribution in [0.1, 0.15) is 30.0 Å². The zero-order valence-electron chi connectivity index (χ0n) is 10.7. The summed E-state index contributed by atoms with van der Waals surface area (Å²) in [5, 5.41) is 13.2. The molecule has 0 unspecified atom stereocenters. The van der Waals surface area contributed by atoms with Crippen LogP contribution < -0.4 is 0 Å². The lowest BCUT2D eigenvalue weighted by molar-refractivity contribution is 0.326. The zero-order valence-corrected chi connectivity index (χ0v) is 12.3. The third-order valence-corrected chi connectivity index (χ3v) is 4.62. The fraction of sp³-hybridized carbons (Fsp3) is 0.308. The summed E-state index contributed by atoms with van der Waals surface area (Å²) in [7, 11) is 0. The van der Waals surface area contributed by atoms with E-state index in [1.165, 1.54) is 4.68 Å². The first-order valence-corrected chi connectivity index (χ1v) is 7.91. The molecule has 3 rings (SSSR count). The largest absolute Gasteiger partial charge is 0.608 e. The van der Waals surface area contributed by atoms with Crippen LogP contribution in [-0.2, 0) is 11.2 Å². The Labute approximate surface area is 128 Å². The SMILES string of the molecule is N#CC[S@@+]([O-])c1nc2n(n1)[C@H](c1ccccc1Cl)C[C@@H]2F. The molecule has 0 aliphatic carbocycles. The summed E-state index contributed by atoms with van der Waals surface area (Å²) in [6.45, 7) is 0. The van der Waals surface area contributed by atoms with E-state index < -0.39 is 17.3 Å². The minimum atomic E-state index is -1.64. The predicted molar refractivity (Wildman–Crippen MR) is 75.0 cm³/mol. The molecule has 5 nitrogen and oxygen atoms in total. The number of nitrogens with zero attached hydrogens (tertiary/aromatic N) is 4. The van der Waals surface area contributed by atoms with E-state index in [1.807, 2.05) is 12.1 Å². The first kappa shape index (κ1) is 14.3. The quantitative estimate of drug-likeness (QED) is 0.813. The van der Waals surface area contributed by atoms with Gasteiger partial charge in [-0.05, 0) is 11.6 Å². The molecule has 8 heteroatoms. The summed E-state index contributed by atoms with van der Waals surface area (Å²) in [5.41, 5.74) is 0.753. The van der Waals surface area contributed by atoms with E-state index in [9.17, 15) is 8.94 Å². The molecule has 1 aliphatic rings. The van der Waals surface area contributed by atoms with Gasteiger partial charge in [-0.3, -0.25) is 0 Å². The molecule has 0 bridgehead atoms. The molecule has 1 aromatic heterocycles. The van der Waals surface area contributed by atoms with Crippen molar-refractivity contribution in [2.45, 2.75) is 23.8 Å². The molecule has 0 amide bonds. The van der Waals surface area contributed by atoms with Gasteiger partial charge in [-0.2, -0.15) is 10.2 Å². The van der Waals surface area contributed by atoms with E-state index >= 15 is 0 Å². The molecule has 2 aromatic rings. The van der Waals surface area contributed by atoms with Gasteiger partial charge in [0.1, 0.15) is 6.07 Å². The number of halogens is 2. The molecule has 0 saturated heterocycles. The molecule has 0 fully saturated rings. The predicted octanol–water partition coefficient (Wildman–Crippen LogP) is 2.57. The van der Waals surface area contributed by atoms with Crippen LogP contribution in [-0.4, -0.2) is 25.1 Å². The number of rotatable bonds is 3. The second kappa shape index (κ2) is 5.64. The normalized spacial score (nSPS) is 21.8. The maximum atomic E-state index is 14.1. The molecule has 3 atom stereocenters. The average molecular weight is 325 g/mol. The van der Waals surface area contributed by atoms with Gasteiger partial charge in [0, 0.05) is 22.6 Å². The van der Waals surface area contributed by atoms with Crippen molar-refractivity contribution in [3.05, 3.63) is 40.7 Å². The summed E-state index contributed by atoms with van der Waals surface area (Å²) in [6.07, 6.45) is -1.09. The Balaban J connectivity index is 2.00. The van der Waals surface area contributed by atoms with E-state index in [-0.39, 0.29) is 29.2 Å². The van der Waals surface area contributed by atoms with Gasteiger partial charge < -0.3 is 4.55 Å². The molecule has 0 N–H and O–H groups in total. The monoisotopic (exact) mass is 324 g/mol. The average Bonchev–Trinajstić information content (AvgIpc) is 3.01. The zero-order chi connectivity index (χ0) is 15.0. The van der Waals surface area contributed by atoms with Gasteiger partial charge in [0.25, 0.3) is 0 Å². The lowest BCUT2D eigenvalue weighted by Gasteiger charge is -2.13. The topological polar surface area (TPSA) is 77.6 Å². The van der Waals surface area contributed by atoms with Crippen LogP contribution in [0.4, 0.5) is 4.39 Å². The highest BCUT2D eigenvalue weighted by Gasteiger charge is 2.38. The molecular formula is C13H10ClFN4OS. The molecule has 1 aromatic carbocycles. The Morgan fingerprint density at radius 2 is 2.29 bits per heavy atom. The number of benzene rings is 1. The minimum absolute atomic E-state index is 0.00838. The number of alkyl halides is 1. The van der Waals surface area contributed by atoms with Crippen LogP contribution in [0.3, 0.4) is 0 Å². The smallest absolute Gasteiger partial charge is 0.362 e. The maximum Gasteiger partial charge on any atom is 0.362 e. The van der Waals surface area contributed by atoms with Crippen molar-refractivity contribution in [2.24, 2.45) is 0 Å². The third kappa shape index (κ3) is 2.50. The maximum absolute atomic E-state index is 14.1. The van der Waals surface area contributed by atoms with E-state index in [1.54, 1.807) is 18.2 Å². The molecule has 108 valence electrons. The molecule has 0 saturated carbocycles. The Hall–Kier alpha value is -1.62. The van der Waals surface area contributed by atoms with Crippen molar-refractivity contribution in [2.75, 3.05) is 5.75 Å². The van der Waals surface area contributed by atoms with Gasteiger partial charge in [0.05, 0.1) is 6.04 Å². The first-order valence-electron chi connectivity index (χ1n) is 6.22. The van der Waals surface area contributed by atoms with Crippen molar-refractivity contribution in [1.29, 1.82) is 5.26 Å². The van der Waals surface area contributed by atoms with Gasteiger partial charge in [-0.15, -0.1) is 5.10 Å². The second-order valence-corrected chi connectivity index (χ2v) is 6.34. The van der Waals surface area contributed by atoms with Crippen molar-refractivity contribution in [3.8, 4) is 6.07 Å². The number of aromatic nitrogens is 3. The summed E-state index contributed by atoms with van der Waals surface area (Å²) < 4.78 is 27.3. The van der Waals surface area contributed by atoms with Gasteiger partial charge in [0.15, 0.2) is 17.7 Å². The molecule has 2 heterocycles. The summed E-state index contributed by atoms with van der Waals surface area (Å²) in [4.78, 5) is 3.98. The van der Waals surface area contributed by atoms with E-state index in [0.717, 1.165) is 5.56 Å². The number of hydrogen-bond acceptors (Lipinski definition) is 4. The standard InChI is InChI=1S/C13H10ClFN4OS/c14-9-4-2-1-3-8(9)11-7-10(15)12-17-13(18-19(11)12)21(20)6-5-16/h1-4,10-11H,6-7H2/t10-,11-,21+/m0/s1. The van der Waals surface area contributed by atoms with Crippen LogP contribution in [0, 0.1) is 11.3 Å².